The number of hydrogen-bond donors (Lipinski definition) is 2. The predicted molar refractivity (Wildman–Crippen MR) is 68.2 cm³/mol. The van der Waals surface area contributed by atoms with E-state index >= 15 is 0 Å². The Balaban J connectivity index is 1.92. The van der Waals surface area contributed by atoms with Crippen molar-refractivity contribution in [1.82, 2.24) is 10.3 Å². The molecule has 1 aliphatic rings. The molecule has 1 aliphatic carbocycles. The van der Waals surface area contributed by atoms with Crippen LogP contribution in [0, 0.1) is 5.92 Å². The van der Waals surface area contributed by atoms with Crippen LogP contribution in [0.1, 0.15) is 29.6 Å². The molecule has 1 fully saturated rings. The summed E-state index contributed by atoms with van der Waals surface area (Å²) in [5, 5.41) is 11.7. The predicted octanol–water partition coefficient (Wildman–Crippen LogP) is 1.83. The summed E-state index contributed by atoms with van der Waals surface area (Å²) in [6, 6.07) is 3.32. The number of pyridine rings is 1. The van der Waals surface area contributed by atoms with E-state index in [1.165, 1.54) is 6.20 Å². The van der Waals surface area contributed by atoms with Crippen LogP contribution in [0.25, 0.3) is 0 Å². The minimum atomic E-state index is -0.781. The van der Waals surface area contributed by atoms with Crippen molar-refractivity contribution in [3.8, 4) is 0 Å². The van der Waals surface area contributed by atoms with Gasteiger partial charge < -0.3 is 10.4 Å². The van der Waals surface area contributed by atoms with Crippen LogP contribution < -0.4 is 5.32 Å². The van der Waals surface area contributed by atoms with E-state index in [4.69, 9.17) is 5.11 Å². The monoisotopic (exact) mass is 312 g/mol. The van der Waals surface area contributed by atoms with Gasteiger partial charge in [-0.25, -0.2) is 4.98 Å². The molecule has 96 valence electrons. The third-order valence-corrected chi connectivity index (χ3v) is 3.58. The Morgan fingerprint density at radius 3 is 2.72 bits per heavy atom. The van der Waals surface area contributed by atoms with Crippen LogP contribution in [-0.2, 0) is 4.79 Å². The highest BCUT2D eigenvalue weighted by molar-refractivity contribution is 9.10. The first kappa shape index (κ1) is 13.0. The number of aliphatic carboxylic acids is 1. The van der Waals surface area contributed by atoms with Gasteiger partial charge in [-0.3, -0.25) is 9.59 Å². The number of halogens is 1. The third kappa shape index (κ3) is 3.07. The zero-order valence-corrected chi connectivity index (χ0v) is 11.2. The molecule has 0 spiro atoms. The molecule has 18 heavy (non-hydrogen) atoms. The second-order valence-corrected chi connectivity index (χ2v) is 5.20. The lowest BCUT2D eigenvalue weighted by molar-refractivity contribution is -0.141. The molecule has 0 radical (unpaired) electrons. The van der Waals surface area contributed by atoms with Crippen LogP contribution in [0.4, 0.5) is 0 Å². The lowest BCUT2D eigenvalue weighted by atomic mass is 10.1. The third-order valence-electron chi connectivity index (χ3n) is 3.11. The summed E-state index contributed by atoms with van der Waals surface area (Å²) in [6.07, 6.45) is 3.33. The van der Waals surface area contributed by atoms with E-state index in [-0.39, 0.29) is 17.9 Å². The summed E-state index contributed by atoms with van der Waals surface area (Å²) in [5.41, 5.74) is 0.483. The normalized spacial score (nSPS) is 22.7. The van der Waals surface area contributed by atoms with Crippen LogP contribution in [-0.4, -0.2) is 28.0 Å². The fourth-order valence-corrected chi connectivity index (χ4v) is 2.35. The first-order valence-corrected chi connectivity index (χ1v) is 6.51. The fraction of sp³-hybridized carbons (Fsp3) is 0.417. The van der Waals surface area contributed by atoms with E-state index in [1.807, 2.05) is 0 Å². The number of nitrogens with one attached hydrogen (secondary N) is 1. The van der Waals surface area contributed by atoms with Gasteiger partial charge in [0.25, 0.3) is 5.91 Å². The molecule has 2 atom stereocenters. The number of carbonyl (C=O) groups excluding carboxylic acids is 1. The molecule has 6 heteroatoms. The molecule has 2 rings (SSSR count). The Morgan fingerprint density at radius 1 is 1.39 bits per heavy atom. The number of aromatic nitrogens is 1. The molecule has 1 saturated carbocycles. The molecule has 1 heterocycles. The first-order valence-electron chi connectivity index (χ1n) is 5.71. The van der Waals surface area contributed by atoms with Gasteiger partial charge in [0.2, 0.25) is 0 Å². The van der Waals surface area contributed by atoms with Crippen molar-refractivity contribution in [3.05, 3.63) is 28.5 Å². The molecular weight excluding hydrogens is 300 g/mol. The molecule has 0 aliphatic heterocycles. The Labute approximate surface area is 113 Å². The summed E-state index contributed by atoms with van der Waals surface area (Å²) < 4.78 is 0.672. The highest BCUT2D eigenvalue weighted by Crippen LogP contribution is 2.25. The molecule has 0 saturated heterocycles. The fourth-order valence-electron chi connectivity index (χ4n) is 2.12. The van der Waals surface area contributed by atoms with Gasteiger partial charge in [-0.05, 0) is 47.3 Å². The Kier molecular flexibility index (Phi) is 3.96. The molecular formula is C12H13BrN2O3. The average molecular weight is 313 g/mol. The molecule has 1 aromatic heterocycles. The van der Waals surface area contributed by atoms with Gasteiger partial charge in [0.1, 0.15) is 4.60 Å². The number of carbonyl (C=O) groups is 2. The van der Waals surface area contributed by atoms with Crippen LogP contribution in [0.15, 0.2) is 22.9 Å². The van der Waals surface area contributed by atoms with E-state index in [1.54, 1.807) is 12.1 Å². The summed E-state index contributed by atoms with van der Waals surface area (Å²) in [6.45, 7) is 0. The zero-order chi connectivity index (χ0) is 13.1. The van der Waals surface area contributed by atoms with E-state index in [2.05, 4.69) is 26.2 Å². The summed E-state index contributed by atoms with van der Waals surface area (Å²) in [5.74, 6) is -1.32. The van der Waals surface area contributed by atoms with Gasteiger partial charge in [-0.2, -0.15) is 0 Å². The van der Waals surface area contributed by atoms with Gasteiger partial charge in [0.05, 0.1) is 11.5 Å². The van der Waals surface area contributed by atoms with E-state index in [9.17, 15) is 9.59 Å². The second-order valence-electron chi connectivity index (χ2n) is 4.39. The van der Waals surface area contributed by atoms with E-state index in [0.29, 0.717) is 29.4 Å². The molecule has 1 amide bonds. The minimum Gasteiger partial charge on any atom is -0.481 e. The van der Waals surface area contributed by atoms with Gasteiger partial charge in [0.15, 0.2) is 0 Å². The van der Waals surface area contributed by atoms with Crippen molar-refractivity contribution in [2.24, 2.45) is 5.92 Å². The van der Waals surface area contributed by atoms with Gasteiger partial charge >= 0.3 is 5.97 Å². The highest BCUT2D eigenvalue weighted by atomic mass is 79.9. The summed E-state index contributed by atoms with van der Waals surface area (Å²) >= 11 is 3.20. The molecule has 0 aromatic carbocycles. The quantitative estimate of drug-likeness (QED) is 0.834. The molecule has 2 unspecified atom stereocenters. The Hall–Kier alpha value is -1.43. The largest absolute Gasteiger partial charge is 0.481 e. The SMILES string of the molecule is O=C(NC1CCC(C(=O)O)C1)c1ccc(Br)nc1. The summed E-state index contributed by atoms with van der Waals surface area (Å²) in [4.78, 5) is 26.7. The van der Waals surface area contributed by atoms with E-state index in [0.717, 1.165) is 0 Å². The van der Waals surface area contributed by atoms with Gasteiger partial charge in [0, 0.05) is 12.2 Å². The zero-order valence-electron chi connectivity index (χ0n) is 9.60. The van der Waals surface area contributed by atoms with E-state index < -0.39 is 5.97 Å². The molecule has 5 nitrogen and oxygen atoms in total. The molecule has 2 N–H and O–H groups in total. The first-order chi connectivity index (χ1) is 8.56. The maximum Gasteiger partial charge on any atom is 0.306 e. The van der Waals surface area contributed by atoms with Crippen LogP contribution in [0.3, 0.4) is 0 Å². The van der Waals surface area contributed by atoms with Crippen LogP contribution in [0.2, 0.25) is 0 Å². The van der Waals surface area contributed by atoms with Crippen molar-refractivity contribution in [3.63, 3.8) is 0 Å². The second kappa shape index (κ2) is 5.48. The van der Waals surface area contributed by atoms with Crippen LogP contribution >= 0.6 is 15.9 Å². The summed E-state index contributed by atoms with van der Waals surface area (Å²) in [7, 11) is 0. The minimum absolute atomic E-state index is 0.0535. The molecule has 1 aromatic rings. The van der Waals surface area contributed by atoms with Crippen molar-refractivity contribution in [2.45, 2.75) is 25.3 Å². The number of hydrogen-bond acceptors (Lipinski definition) is 3. The van der Waals surface area contributed by atoms with Crippen LogP contribution in [0.5, 0.6) is 0 Å². The number of nitrogens with zero attached hydrogens (tertiary/aromatic N) is 1. The Morgan fingerprint density at radius 2 is 2.17 bits per heavy atom. The van der Waals surface area contributed by atoms with Crippen molar-refractivity contribution < 1.29 is 14.7 Å². The Bertz CT molecular complexity index is 461. The van der Waals surface area contributed by atoms with Gasteiger partial charge in [-0.15, -0.1) is 0 Å². The number of amides is 1. The molecule has 0 bridgehead atoms. The standard InChI is InChI=1S/C12H13BrN2O3/c13-10-4-2-8(6-14-10)11(16)15-9-3-1-7(5-9)12(17)18/h2,4,6-7,9H,1,3,5H2,(H,15,16)(H,17,18). The maximum absolute atomic E-state index is 11.9. The van der Waals surface area contributed by atoms with Crippen molar-refractivity contribution in [1.29, 1.82) is 0 Å². The smallest absolute Gasteiger partial charge is 0.306 e. The number of rotatable bonds is 3. The van der Waals surface area contributed by atoms with Gasteiger partial charge in [-0.1, -0.05) is 0 Å². The average Bonchev–Trinajstić information content (AvgIpc) is 2.78. The topological polar surface area (TPSA) is 79.3 Å². The van der Waals surface area contributed by atoms with Crippen molar-refractivity contribution in [2.75, 3.05) is 0 Å². The van der Waals surface area contributed by atoms with Crippen molar-refractivity contribution >= 4 is 27.8 Å². The maximum atomic E-state index is 11.9. The lowest BCUT2D eigenvalue weighted by Gasteiger charge is -2.12. The highest BCUT2D eigenvalue weighted by Gasteiger charge is 2.30. The lowest BCUT2D eigenvalue weighted by Crippen LogP contribution is -2.33. The number of carboxylic acid groups (broad SMARTS) is 1. The number of carboxylic acids is 1.